The lowest BCUT2D eigenvalue weighted by Gasteiger charge is -2.16. The Balaban J connectivity index is 1.21. The Morgan fingerprint density at radius 1 is 1.07 bits per heavy atom. The fourth-order valence-electron chi connectivity index (χ4n) is 4.23. The van der Waals surface area contributed by atoms with Gasteiger partial charge in [0, 0.05) is 23.7 Å². The van der Waals surface area contributed by atoms with Gasteiger partial charge in [-0.05, 0) is 37.7 Å². The summed E-state index contributed by atoms with van der Waals surface area (Å²) in [5.74, 6) is 0.643. The summed E-state index contributed by atoms with van der Waals surface area (Å²) in [7, 11) is 0. The maximum absolute atomic E-state index is 12.1. The zero-order valence-electron chi connectivity index (χ0n) is 16.9. The van der Waals surface area contributed by atoms with Crippen LogP contribution in [-0.4, -0.2) is 34.5 Å². The summed E-state index contributed by atoms with van der Waals surface area (Å²) >= 11 is 0. The van der Waals surface area contributed by atoms with Crippen molar-refractivity contribution in [2.45, 2.75) is 69.6 Å². The largest absolute Gasteiger partial charge is 0.446 e. The molecule has 8 nitrogen and oxygen atoms in total. The highest BCUT2D eigenvalue weighted by atomic mass is 16.6. The highest BCUT2D eigenvalue weighted by Gasteiger charge is 2.30. The van der Waals surface area contributed by atoms with Crippen LogP contribution in [-0.2, 0) is 16.1 Å². The molecule has 2 amide bonds. The van der Waals surface area contributed by atoms with Crippen LogP contribution in [0.2, 0.25) is 0 Å². The van der Waals surface area contributed by atoms with Crippen molar-refractivity contribution in [1.82, 2.24) is 15.5 Å². The van der Waals surface area contributed by atoms with Crippen molar-refractivity contribution in [2.75, 3.05) is 5.32 Å². The minimum Gasteiger partial charge on any atom is -0.446 e. The Labute approximate surface area is 175 Å². The van der Waals surface area contributed by atoms with Crippen LogP contribution in [0.4, 0.5) is 15.4 Å². The van der Waals surface area contributed by atoms with Gasteiger partial charge in [-0.2, -0.15) is 5.10 Å². The summed E-state index contributed by atoms with van der Waals surface area (Å²) in [6, 6.07) is 11.6. The Bertz CT molecular complexity index is 848. The maximum atomic E-state index is 12.1. The van der Waals surface area contributed by atoms with Gasteiger partial charge in [-0.1, -0.05) is 43.2 Å². The molecular formula is C22H28N4O4. The molecular weight excluding hydrogens is 384 g/mol. The van der Waals surface area contributed by atoms with Crippen LogP contribution in [0.3, 0.4) is 0 Å². The Morgan fingerprint density at radius 2 is 1.87 bits per heavy atom. The molecule has 0 unspecified atom stereocenters. The molecule has 2 fully saturated rings. The number of amides is 2. The van der Waals surface area contributed by atoms with E-state index in [1.54, 1.807) is 0 Å². The number of alkyl carbamates (subject to hydrolysis) is 1. The molecule has 3 N–H and O–H groups in total. The van der Waals surface area contributed by atoms with E-state index in [0.717, 1.165) is 43.4 Å². The molecule has 2 aliphatic carbocycles. The monoisotopic (exact) mass is 412 g/mol. The molecule has 0 spiro atoms. The standard InChI is InChI=1S/C22H28N4O4/c27-21(29-14-15-6-2-1-3-7-15)24-20-13-19(25-26-20)16-10-11-18(12-16)30-22(28)23-17-8-4-5-9-17/h1-3,6-7,13,16-18H,4-5,8-12,14H2,(H,23,28)(H2,24,25,26,27)/t16-,18+/m0/s1. The number of benzene rings is 1. The zero-order chi connectivity index (χ0) is 20.8. The summed E-state index contributed by atoms with van der Waals surface area (Å²) in [4.78, 5) is 24.1. The lowest BCUT2D eigenvalue weighted by Crippen LogP contribution is -2.35. The number of carbonyl (C=O) groups is 2. The lowest BCUT2D eigenvalue weighted by molar-refractivity contribution is 0.0971. The first-order chi connectivity index (χ1) is 14.7. The number of nitrogens with one attached hydrogen (secondary N) is 3. The van der Waals surface area contributed by atoms with Crippen molar-refractivity contribution in [1.29, 1.82) is 0 Å². The van der Waals surface area contributed by atoms with Gasteiger partial charge in [-0.3, -0.25) is 10.4 Å². The molecule has 8 heteroatoms. The highest BCUT2D eigenvalue weighted by Crippen LogP contribution is 2.36. The van der Waals surface area contributed by atoms with E-state index in [0.29, 0.717) is 5.82 Å². The number of anilines is 1. The van der Waals surface area contributed by atoms with E-state index in [9.17, 15) is 9.59 Å². The molecule has 30 heavy (non-hydrogen) atoms. The third-order valence-corrected chi connectivity index (χ3v) is 5.82. The van der Waals surface area contributed by atoms with Crippen LogP contribution in [0.5, 0.6) is 0 Å². The summed E-state index contributed by atoms with van der Waals surface area (Å²) in [6.45, 7) is 0.203. The van der Waals surface area contributed by atoms with Gasteiger partial charge in [-0.15, -0.1) is 0 Å². The van der Waals surface area contributed by atoms with Crippen LogP contribution in [0.25, 0.3) is 0 Å². The van der Waals surface area contributed by atoms with Gasteiger partial charge in [0.25, 0.3) is 0 Å². The molecule has 0 aliphatic heterocycles. The van der Waals surface area contributed by atoms with Gasteiger partial charge in [0.2, 0.25) is 0 Å². The second kappa shape index (κ2) is 9.65. The van der Waals surface area contributed by atoms with Gasteiger partial charge in [0.15, 0.2) is 5.82 Å². The van der Waals surface area contributed by atoms with Crippen molar-refractivity contribution in [3.05, 3.63) is 47.7 Å². The number of nitrogens with zero attached hydrogens (tertiary/aromatic N) is 1. The van der Waals surface area contributed by atoms with E-state index in [-0.39, 0.29) is 30.8 Å². The van der Waals surface area contributed by atoms with Gasteiger partial charge in [-0.25, -0.2) is 9.59 Å². The molecule has 0 saturated heterocycles. The number of ether oxygens (including phenoxy) is 2. The molecule has 2 atom stereocenters. The normalized spacial score (nSPS) is 21.3. The fraction of sp³-hybridized carbons (Fsp3) is 0.500. The van der Waals surface area contributed by atoms with E-state index >= 15 is 0 Å². The zero-order valence-corrected chi connectivity index (χ0v) is 16.9. The molecule has 0 bridgehead atoms. The number of carbonyl (C=O) groups excluding carboxylic acids is 2. The SMILES string of the molecule is O=C(Nc1cc([C@H]2CC[C@@H](OC(=O)NC3CCCC3)C2)[nH]n1)OCc1ccccc1. The van der Waals surface area contributed by atoms with Crippen LogP contribution < -0.4 is 10.6 Å². The molecule has 2 saturated carbocycles. The number of H-pyrrole nitrogens is 1. The first-order valence-electron chi connectivity index (χ1n) is 10.7. The summed E-state index contributed by atoms with van der Waals surface area (Å²) in [5, 5.41) is 12.7. The van der Waals surface area contributed by atoms with Gasteiger partial charge in [0.1, 0.15) is 12.7 Å². The predicted octanol–water partition coefficient (Wildman–Crippen LogP) is 4.46. The fourth-order valence-corrected chi connectivity index (χ4v) is 4.23. The minimum atomic E-state index is -0.548. The minimum absolute atomic E-state index is 0.0908. The van der Waals surface area contributed by atoms with Crippen molar-refractivity contribution < 1.29 is 19.1 Å². The Morgan fingerprint density at radius 3 is 2.67 bits per heavy atom. The molecule has 2 aliphatic rings. The van der Waals surface area contributed by atoms with Gasteiger partial charge in [0.05, 0.1) is 0 Å². The maximum Gasteiger partial charge on any atom is 0.413 e. The van der Waals surface area contributed by atoms with E-state index in [1.807, 2.05) is 36.4 Å². The van der Waals surface area contributed by atoms with Crippen LogP contribution in [0.15, 0.2) is 36.4 Å². The first kappa shape index (κ1) is 20.3. The summed E-state index contributed by atoms with van der Waals surface area (Å²) < 4.78 is 10.8. The molecule has 160 valence electrons. The second-order valence-electron chi connectivity index (χ2n) is 8.06. The molecule has 1 aromatic heterocycles. The van der Waals surface area contributed by atoms with E-state index in [1.165, 1.54) is 12.8 Å². The number of hydrogen-bond acceptors (Lipinski definition) is 5. The van der Waals surface area contributed by atoms with E-state index in [4.69, 9.17) is 9.47 Å². The first-order valence-corrected chi connectivity index (χ1v) is 10.7. The van der Waals surface area contributed by atoms with Crippen LogP contribution in [0, 0.1) is 0 Å². The number of rotatable bonds is 6. The third kappa shape index (κ3) is 5.52. The highest BCUT2D eigenvalue weighted by molar-refractivity contribution is 5.83. The average Bonchev–Trinajstić information content (AvgIpc) is 3.50. The second-order valence-corrected chi connectivity index (χ2v) is 8.06. The van der Waals surface area contributed by atoms with Crippen LogP contribution >= 0.6 is 0 Å². The summed E-state index contributed by atoms with van der Waals surface area (Å²) in [5.41, 5.74) is 1.85. The van der Waals surface area contributed by atoms with Gasteiger partial charge >= 0.3 is 12.2 Å². The lowest BCUT2D eigenvalue weighted by atomic mass is 10.0. The topological polar surface area (TPSA) is 105 Å². The molecule has 0 radical (unpaired) electrons. The van der Waals surface area contributed by atoms with Crippen LogP contribution in [0.1, 0.15) is 62.1 Å². The number of aromatic amines is 1. The Hall–Kier alpha value is -3.03. The molecule has 1 aromatic carbocycles. The predicted molar refractivity (Wildman–Crippen MR) is 111 cm³/mol. The quantitative estimate of drug-likeness (QED) is 0.649. The molecule has 2 aromatic rings. The average molecular weight is 412 g/mol. The molecule has 1 heterocycles. The van der Waals surface area contributed by atoms with E-state index in [2.05, 4.69) is 20.8 Å². The summed E-state index contributed by atoms with van der Waals surface area (Å²) in [6.07, 6.45) is 5.96. The van der Waals surface area contributed by atoms with Crippen molar-refractivity contribution in [3.63, 3.8) is 0 Å². The third-order valence-electron chi connectivity index (χ3n) is 5.82. The number of hydrogen-bond donors (Lipinski definition) is 3. The van der Waals surface area contributed by atoms with Crippen molar-refractivity contribution in [3.8, 4) is 0 Å². The van der Waals surface area contributed by atoms with Gasteiger partial charge < -0.3 is 14.8 Å². The number of aromatic nitrogens is 2. The van der Waals surface area contributed by atoms with E-state index < -0.39 is 6.09 Å². The van der Waals surface area contributed by atoms with Crippen molar-refractivity contribution >= 4 is 18.0 Å². The smallest absolute Gasteiger partial charge is 0.413 e. The Kier molecular flexibility index (Phi) is 6.51. The van der Waals surface area contributed by atoms with Crippen molar-refractivity contribution in [2.24, 2.45) is 0 Å². The molecule has 4 rings (SSSR count).